The van der Waals surface area contributed by atoms with E-state index in [-0.39, 0.29) is 0 Å². The van der Waals surface area contributed by atoms with E-state index in [4.69, 9.17) is 4.74 Å². The molecule has 1 nitrogen and oxygen atoms in total. The smallest absolute Gasteiger partial charge is 0.0466 e. The number of hydrogen-bond donors (Lipinski definition) is 0. The third-order valence-electron chi connectivity index (χ3n) is 3.96. The van der Waals surface area contributed by atoms with Gasteiger partial charge in [-0.25, -0.2) is 0 Å². The van der Waals surface area contributed by atoms with Gasteiger partial charge in [-0.05, 0) is 18.8 Å². The van der Waals surface area contributed by atoms with Crippen LogP contribution in [0, 0.1) is 5.92 Å². The van der Waals surface area contributed by atoms with E-state index in [1.165, 1.54) is 83.5 Å². The molecule has 0 amide bonds. The summed E-state index contributed by atoms with van der Waals surface area (Å²) in [4.78, 5) is 0. The Morgan fingerprint density at radius 3 is 1.55 bits per heavy atom. The number of hydrogen-bond acceptors (Lipinski definition) is 1. The zero-order valence-corrected chi connectivity index (χ0v) is 14.6. The van der Waals surface area contributed by atoms with Crippen molar-refractivity contribution in [2.75, 3.05) is 13.2 Å². The van der Waals surface area contributed by atoms with E-state index in [2.05, 4.69) is 20.8 Å². The van der Waals surface area contributed by atoms with E-state index in [9.17, 15) is 0 Å². The highest BCUT2D eigenvalue weighted by Crippen LogP contribution is 2.10. The first-order valence-corrected chi connectivity index (χ1v) is 9.35. The topological polar surface area (TPSA) is 9.23 Å². The van der Waals surface area contributed by atoms with Gasteiger partial charge >= 0.3 is 0 Å². The maximum absolute atomic E-state index is 5.69. The molecule has 0 aliphatic carbocycles. The normalized spacial score (nSPS) is 11.4. The second-order valence-corrected chi connectivity index (χ2v) is 6.68. The minimum Gasteiger partial charge on any atom is -0.381 e. The van der Waals surface area contributed by atoms with Gasteiger partial charge in [0.1, 0.15) is 0 Å². The van der Waals surface area contributed by atoms with Crippen molar-refractivity contribution in [3.05, 3.63) is 0 Å². The SMILES string of the molecule is CCCCCCCCCCCCOCCCCC(C)C. The summed E-state index contributed by atoms with van der Waals surface area (Å²) in [6, 6.07) is 0. The quantitative estimate of drug-likeness (QED) is 0.285. The summed E-state index contributed by atoms with van der Waals surface area (Å²) in [5.41, 5.74) is 0. The molecule has 0 saturated heterocycles. The van der Waals surface area contributed by atoms with Gasteiger partial charge in [0.2, 0.25) is 0 Å². The molecule has 0 aromatic rings. The van der Waals surface area contributed by atoms with Crippen LogP contribution >= 0.6 is 0 Å². The molecule has 0 atom stereocenters. The lowest BCUT2D eigenvalue weighted by atomic mass is 10.1. The average molecular weight is 285 g/mol. The molecule has 0 aromatic heterocycles. The Bertz CT molecular complexity index is 165. The summed E-state index contributed by atoms with van der Waals surface area (Å²) in [6.07, 6.45) is 18.0. The molecule has 0 saturated carbocycles. The van der Waals surface area contributed by atoms with E-state index in [0.717, 1.165) is 19.1 Å². The van der Waals surface area contributed by atoms with Crippen LogP contribution in [0.4, 0.5) is 0 Å². The summed E-state index contributed by atoms with van der Waals surface area (Å²) < 4.78 is 5.69. The van der Waals surface area contributed by atoms with Gasteiger partial charge in [-0.3, -0.25) is 0 Å². The van der Waals surface area contributed by atoms with Gasteiger partial charge in [0.25, 0.3) is 0 Å². The molecule has 0 unspecified atom stereocenters. The van der Waals surface area contributed by atoms with E-state index in [1.54, 1.807) is 0 Å². The molecular formula is C19H40O. The fourth-order valence-corrected chi connectivity index (χ4v) is 2.55. The molecule has 0 fully saturated rings. The highest BCUT2D eigenvalue weighted by atomic mass is 16.5. The summed E-state index contributed by atoms with van der Waals surface area (Å²) in [6.45, 7) is 8.84. The molecule has 0 N–H and O–H groups in total. The van der Waals surface area contributed by atoms with Crippen LogP contribution in [0.1, 0.15) is 104 Å². The van der Waals surface area contributed by atoms with Crippen molar-refractivity contribution in [1.82, 2.24) is 0 Å². The summed E-state index contributed by atoms with van der Waals surface area (Å²) >= 11 is 0. The maximum atomic E-state index is 5.69. The Morgan fingerprint density at radius 2 is 1.05 bits per heavy atom. The van der Waals surface area contributed by atoms with Crippen LogP contribution in [0.5, 0.6) is 0 Å². The molecule has 122 valence electrons. The number of ether oxygens (including phenoxy) is 1. The molecule has 1 heteroatoms. The average Bonchev–Trinajstić information content (AvgIpc) is 2.43. The first kappa shape index (κ1) is 20.0. The van der Waals surface area contributed by atoms with Crippen molar-refractivity contribution in [2.45, 2.75) is 104 Å². The van der Waals surface area contributed by atoms with Gasteiger partial charge in [-0.2, -0.15) is 0 Å². The Morgan fingerprint density at radius 1 is 0.600 bits per heavy atom. The van der Waals surface area contributed by atoms with Gasteiger partial charge in [0.15, 0.2) is 0 Å². The zero-order chi connectivity index (χ0) is 14.9. The van der Waals surface area contributed by atoms with Crippen LogP contribution in [0.3, 0.4) is 0 Å². The van der Waals surface area contributed by atoms with Crippen molar-refractivity contribution in [2.24, 2.45) is 5.92 Å². The van der Waals surface area contributed by atoms with Crippen molar-refractivity contribution in [3.63, 3.8) is 0 Å². The van der Waals surface area contributed by atoms with Gasteiger partial charge in [0.05, 0.1) is 0 Å². The predicted molar refractivity (Wildman–Crippen MR) is 91.4 cm³/mol. The summed E-state index contributed by atoms with van der Waals surface area (Å²) in [5.74, 6) is 0.844. The first-order valence-electron chi connectivity index (χ1n) is 9.35. The third-order valence-corrected chi connectivity index (χ3v) is 3.96. The standard InChI is InChI=1S/C19H40O/c1-4-5-6-7-8-9-10-11-12-14-17-20-18-15-13-16-19(2)3/h19H,4-18H2,1-3H3. The number of rotatable bonds is 16. The van der Waals surface area contributed by atoms with Crippen LogP contribution in [0.2, 0.25) is 0 Å². The Balaban J connectivity index is 2.92. The second-order valence-electron chi connectivity index (χ2n) is 6.68. The zero-order valence-electron chi connectivity index (χ0n) is 14.6. The van der Waals surface area contributed by atoms with E-state index in [0.29, 0.717) is 0 Å². The van der Waals surface area contributed by atoms with Crippen molar-refractivity contribution < 1.29 is 4.74 Å². The monoisotopic (exact) mass is 284 g/mol. The van der Waals surface area contributed by atoms with Gasteiger partial charge in [0, 0.05) is 13.2 Å². The van der Waals surface area contributed by atoms with Crippen LogP contribution < -0.4 is 0 Å². The first-order chi connectivity index (χ1) is 9.77. The van der Waals surface area contributed by atoms with Crippen molar-refractivity contribution >= 4 is 0 Å². The minimum atomic E-state index is 0.844. The molecular weight excluding hydrogens is 244 g/mol. The molecule has 0 rings (SSSR count). The van der Waals surface area contributed by atoms with Gasteiger partial charge < -0.3 is 4.74 Å². The second kappa shape index (κ2) is 17.0. The molecule has 0 aromatic carbocycles. The highest BCUT2D eigenvalue weighted by Gasteiger charge is 1.95. The molecule has 0 heterocycles. The van der Waals surface area contributed by atoms with E-state index >= 15 is 0 Å². The third kappa shape index (κ3) is 18.0. The number of unbranched alkanes of at least 4 members (excludes halogenated alkanes) is 10. The van der Waals surface area contributed by atoms with E-state index in [1.807, 2.05) is 0 Å². The Hall–Kier alpha value is -0.0400. The summed E-state index contributed by atoms with van der Waals surface area (Å²) in [7, 11) is 0. The van der Waals surface area contributed by atoms with E-state index < -0.39 is 0 Å². The maximum Gasteiger partial charge on any atom is 0.0466 e. The molecule has 0 bridgehead atoms. The highest BCUT2D eigenvalue weighted by molar-refractivity contribution is 4.48. The lowest BCUT2D eigenvalue weighted by Crippen LogP contribution is -1.98. The lowest BCUT2D eigenvalue weighted by Gasteiger charge is -2.06. The Labute approximate surface area is 128 Å². The van der Waals surface area contributed by atoms with Crippen LogP contribution in [-0.4, -0.2) is 13.2 Å². The lowest BCUT2D eigenvalue weighted by molar-refractivity contribution is 0.125. The summed E-state index contributed by atoms with van der Waals surface area (Å²) in [5, 5.41) is 0. The molecule has 0 aliphatic rings. The van der Waals surface area contributed by atoms with Gasteiger partial charge in [-0.1, -0.05) is 91.4 Å². The molecule has 0 radical (unpaired) electrons. The fraction of sp³-hybridized carbons (Fsp3) is 1.00. The van der Waals surface area contributed by atoms with Crippen molar-refractivity contribution in [1.29, 1.82) is 0 Å². The predicted octanol–water partition coefficient (Wildman–Crippen LogP) is 6.75. The fourth-order valence-electron chi connectivity index (χ4n) is 2.55. The van der Waals surface area contributed by atoms with Crippen LogP contribution in [-0.2, 0) is 4.74 Å². The van der Waals surface area contributed by atoms with Crippen LogP contribution in [0.15, 0.2) is 0 Å². The van der Waals surface area contributed by atoms with Crippen LogP contribution in [0.25, 0.3) is 0 Å². The van der Waals surface area contributed by atoms with Gasteiger partial charge in [-0.15, -0.1) is 0 Å². The largest absolute Gasteiger partial charge is 0.381 e. The molecule has 20 heavy (non-hydrogen) atoms. The Kier molecular flexibility index (Phi) is 17.0. The molecule has 0 spiro atoms. The van der Waals surface area contributed by atoms with Crippen molar-refractivity contribution in [3.8, 4) is 0 Å². The molecule has 0 aliphatic heterocycles. The minimum absolute atomic E-state index is 0.844.